The molecule has 0 saturated carbocycles. The highest BCUT2D eigenvalue weighted by Crippen LogP contribution is 2.44. The van der Waals surface area contributed by atoms with Gasteiger partial charge < -0.3 is 8.98 Å². The third-order valence-electron chi connectivity index (χ3n) is 14.4. The van der Waals surface area contributed by atoms with Gasteiger partial charge in [0.1, 0.15) is 11.2 Å². The number of nitrogens with zero attached hydrogens (tertiary/aromatic N) is 2. The number of benzene rings is 10. The maximum atomic E-state index is 7.04. The molecule has 3 aromatic heterocycles. The van der Waals surface area contributed by atoms with Gasteiger partial charge in [0.2, 0.25) is 0 Å². The number of aliphatic imine (C=N–C) groups is 1. The molecule has 3 nitrogen and oxygen atoms in total. The van der Waals surface area contributed by atoms with Crippen LogP contribution in [0.2, 0.25) is 0 Å². The zero-order valence-corrected chi connectivity index (χ0v) is 38.9. The predicted molar refractivity (Wildman–Crippen MR) is 295 cm³/mol. The van der Waals surface area contributed by atoms with Crippen LogP contribution in [0, 0.1) is 0 Å². The Morgan fingerprint density at radius 1 is 0.478 bits per heavy atom. The Kier molecular flexibility index (Phi) is 9.18. The van der Waals surface area contributed by atoms with Crippen molar-refractivity contribution >= 4 is 114 Å². The molecule has 10 aromatic carbocycles. The van der Waals surface area contributed by atoms with Crippen LogP contribution in [0.15, 0.2) is 227 Å². The molecule has 0 bridgehead atoms. The lowest BCUT2D eigenvalue weighted by Crippen LogP contribution is -2.07. The van der Waals surface area contributed by atoms with Crippen molar-refractivity contribution in [1.82, 2.24) is 4.57 Å². The van der Waals surface area contributed by atoms with Crippen LogP contribution in [0.3, 0.4) is 0 Å². The Morgan fingerprint density at radius 2 is 1.16 bits per heavy atom. The van der Waals surface area contributed by atoms with Crippen molar-refractivity contribution in [2.75, 3.05) is 0 Å². The van der Waals surface area contributed by atoms with Crippen molar-refractivity contribution < 1.29 is 4.42 Å². The normalized spacial score (nSPS) is 13.6. The van der Waals surface area contributed by atoms with Gasteiger partial charge in [0.15, 0.2) is 0 Å². The number of hydrogen-bond donors (Lipinski definition) is 0. The molecule has 0 atom stereocenters. The molecule has 0 spiro atoms. The van der Waals surface area contributed by atoms with Crippen molar-refractivity contribution in [2.24, 2.45) is 4.99 Å². The minimum Gasteiger partial charge on any atom is -0.456 e. The van der Waals surface area contributed by atoms with E-state index >= 15 is 0 Å². The minimum atomic E-state index is 0.750. The van der Waals surface area contributed by atoms with Crippen LogP contribution in [-0.4, -0.2) is 10.3 Å². The molecule has 0 aliphatic carbocycles. The topological polar surface area (TPSA) is 30.4 Å². The molecule has 0 fully saturated rings. The monoisotopic (exact) mass is 900 g/mol. The summed E-state index contributed by atoms with van der Waals surface area (Å²) in [4.78, 5) is 5.95. The van der Waals surface area contributed by atoms with E-state index in [0.29, 0.717) is 0 Å². The van der Waals surface area contributed by atoms with Gasteiger partial charge in [-0.2, -0.15) is 0 Å². The highest BCUT2D eigenvalue weighted by atomic mass is 32.1. The molecular weight excluding hydrogens is 857 g/mol. The molecule has 1 aliphatic rings. The van der Waals surface area contributed by atoms with E-state index in [9.17, 15) is 0 Å². The second-order valence-electron chi connectivity index (χ2n) is 18.4. The SMILES string of the molecule is CCC1=C(c2ccc3c(c2)sc2ccccc23)N=C(c2cc(-n3c4ccccc4c4cc5ccccc5cc43)c3c(c2)oc2cc4ccccc4cc23)CCC=C1c1cccc(-c2ccccc2)c1. The number of aromatic nitrogens is 1. The third-order valence-corrected chi connectivity index (χ3v) is 15.5. The molecule has 13 aromatic rings. The van der Waals surface area contributed by atoms with E-state index < -0.39 is 0 Å². The number of para-hydroxylation sites is 1. The Hall–Kier alpha value is -8.31. The van der Waals surface area contributed by atoms with Crippen LogP contribution in [0.1, 0.15) is 42.9 Å². The maximum absolute atomic E-state index is 7.04. The van der Waals surface area contributed by atoms with E-state index in [1.807, 2.05) is 11.3 Å². The summed E-state index contributed by atoms with van der Waals surface area (Å²) >= 11 is 1.86. The molecule has 326 valence electrons. The number of allylic oxidation sites excluding steroid dienone is 3. The van der Waals surface area contributed by atoms with E-state index in [2.05, 4.69) is 224 Å². The van der Waals surface area contributed by atoms with Gasteiger partial charge in [-0.25, -0.2) is 0 Å². The largest absolute Gasteiger partial charge is 0.456 e. The second kappa shape index (κ2) is 15.9. The van der Waals surface area contributed by atoms with Gasteiger partial charge >= 0.3 is 0 Å². The van der Waals surface area contributed by atoms with Gasteiger partial charge in [-0.1, -0.05) is 159 Å². The number of rotatable bonds is 6. The summed E-state index contributed by atoms with van der Waals surface area (Å²) in [7, 11) is 0. The summed E-state index contributed by atoms with van der Waals surface area (Å²) in [5.74, 6) is 0. The summed E-state index contributed by atoms with van der Waals surface area (Å²) in [6, 6.07) is 75.6. The zero-order chi connectivity index (χ0) is 45.6. The number of fused-ring (bicyclic) bond motifs is 11. The van der Waals surface area contributed by atoms with Crippen LogP contribution < -0.4 is 0 Å². The molecule has 1 aliphatic heterocycles. The predicted octanol–water partition coefficient (Wildman–Crippen LogP) is 18.5. The van der Waals surface area contributed by atoms with E-state index in [-0.39, 0.29) is 0 Å². The molecule has 0 amide bonds. The van der Waals surface area contributed by atoms with Crippen molar-refractivity contribution in [3.8, 4) is 16.8 Å². The highest BCUT2D eigenvalue weighted by molar-refractivity contribution is 7.25. The van der Waals surface area contributed by atoms with Gasteiger partial charge in [0, 0.05) is 53.2 Å². The van der Waals surface area contributed by atoms with Gasteiger partial charge in [0.25, 0.3) is 0 Å². The molecule has 0 radical (unpaired) electrons. The summed E-state index contributed by atoms with van der Waals surface area (Å²) in [6.45, 7) is 2.29. The Balaban J connectivity index is 1.04. The van der Waals surface area contributed by atoms with Crippen molar-refractivity contribution in [3.05, 3.63) is 235 Å². The summed E-state index contributed by atoms with van der Waals surface area (Å²) in [5.41, 5.74) is 15.5. The van der Waals surface area contributed by atoms with Crippen LogP contribution in [-0.2, 0) is 0 Å². The smallest absolute Gasteiger partial charge is 0.138 e. The minimum absolute atomic E-state index is 0.750. The summed E-state index contributed by atoms with van der Waals surface area (Å²) in [6.07, 6.45) is 4.87. The van der Waals surface area contributed by atoms with Crippen LogP contribution in [0.25, 0.3) is 114 Å². The maximum Gasteiger partial charge on any atom is 0.138 e. The first-order chi connectivity index (χ1) is 34.1. The first-order valence-electron chi connectivity index (χ1n) is 24.0. The van der Waals surface area contributed by atoms with Crippen molar-refractivity contribution in [2.45, 2.75) is 26.2 Å². The standard InChI is InChI=1S/C65H44N2OS/c1-2-49-50(46-23-14-22-41(32-46)40-16-4-3-5-17-40)26-15-27-56(66-65(49)47-30-31-53-52-25-11-13-29-62(52)69-63(53)39-47)48-36-59(64-55-34-43-19-7-9-21-45(43)37-60(55)68-61(64)38-48)67-57-28-12-10-24-51(57)54-33-42-18-6-8-20-44(42)35-58(54)67/h3-14,16-26,28-39H,2,15,27H2,1H3. The number of hydrogen-bond acceptors (Lipinski definition) is 3. The first kappa shape index (κ1) is 39.8. The molecule has 14 rings (SSSR count). The Morgan fingerprint density at radius 3 is 1.99 bits per heavy atom. The lowest BCUT2D eigenvalue weighted by molar-refractivity contribution is 0.669. The first-order valence-corrected chi connectivity index (χ1v) is 24.9. The molecular formula is C65H44N2OS. The lowest BCUT2D eigenvalue weighted by atomic mass is 9.88. The van der Waals surface area contributed by atoms with E-state index in [0.717, 1.165) is 80.3 Å². The zero-order valence-electron chi connectivity index (χ0n) is 38.0. The Bertz CT molecular complexity index is 4350. The molecule has 0 unspecified atom stereocenters. The second-order valence-corrected chi connectivity index (χ2v) is 19.5. The number of furan rings is 1. The molecule has 4 heterocycles. The fourth-order valence-corrected chi connectivity index (χ4v) is 12.3. The summed E-state index contributed by atoms with van der Waals surface area (Å²) in [5, 5.41) is 12.0. The lowest BCUT2D eigenvalue weighted by Gasteiger charge is -2.21. The average molecular weight is 901 g/mol. The van der Waals surface area contributed by atoms with Crippen molar-refractivity contribution in [3.63, 3.8) is 0 Å². The quantitative estimate of drug-likeness (QED) is 0.164. The Labute approximate surface area is 403 Å². The van der Waals surface area contributed by atoms with E-state index in [4.69, 9.17) is 9.41 Å². The molecule has 0 saturated heterocycles. The highest BCUT2D eigenvalue weighted by Gasteiger charge is 2.24. The van der Waals surface area contributed by atoms with Gasteiger partial charge in [-0.3, -0.25) is 4.99 Å². The third kappa shape index (κ3) is 6.51. The van der Waals surface area contributed by atoms with Gasteiger partial charge in [-0.15, -0.1) is 11.3 Å². The van der Waals surface area contributed by atoms with Gasteiger partial charge in [-0.05, 0) is 129 Å². The number of thiophene rings is 1. The van der Waals surface area contributed by atoms with Gasteiger partial charge in [0.05, 0.1) is 27.8 Å². The summed E-state index contributed by atoms with van der Waals surface area (Å²) < 4.78 is 12.1. The molecule has 69 heavy (non-hydrogen) atoms. The van der Waals surface area contributed by atoms with Crippen LogP contribution >= 0.6 is 11.3 Å². The van der Waals surface area contributed by atoms with E-state index in [1.54, 1.807) is 0 Å². The van der Waals surface area contributed by atoms with Crippen LogP contribution in [0.4, 0.5) is 0 Å². The van der Waals surface area contributed by atoms with Crippen molar-refractivity contribution in [1.29, 1.82) is 0 Å². The molecule has 0 N–H and O–H groups in total. The van der Waals surface area contributed by atoms with Crippen LogP contribution in [0.5, 0.6) is 0 Å². The average Bonchev–Trinajstić information content (AvgIpc) is 4.06. The van der Waals surface area contributed by atoms with E-state index in [1.165, 1.54) is 80.5 Å². The fraction of sp³-hybridized carbons (Fsp3) is 0.0615. The fourth-order valence-electron chi connectivity index (χ4n) is 11.2. The molecule has 4 heteroatoms.